The molecule has 1 aliphatic heterocycles. The van der Waals surface area contributed by atoms with Gasteiger partial charge in [0.2, 0.25) is 0 Å². The van der Waals surface area contributed by atoms with Crippen molar-refractivity contribution in [3.63, 3.8) is 0 Å². The van der Waals surface area contributed by atoms with Crippen LogP contribution in [0.2, 0.25) is 0 Å². The number of urea groups is 1. The molecule has 10 heteroatoms. The molecule has 1 aliphatic rings. The summed E-state index contributed by atoms with van der Waals surface area (Å²) in [6, 6.07) is 6.19. The first-order valence-corrected chi connectivity index (χ1v) is 8.86. The number of halogens is 3. The topological polar surface area (TPSA) is 75.9 Å². The second kappa shape index (κ2) is 7.99. The van der Waals surface area contributed by atoms with Crippen molar-refractivity contribution in [2.24, 2.45) is 13.0 Å². The summed E-state index contributed by atoms with van der Waals surface area (Å²) < 4.78 is 39.2. The van der Waals surface area contributed by atoms with Gasteiger partial charge in [0.15, 0.2) is 0 Å². The van der Waals surface area contributed by atoms with Gasteiger partial charge in [0.25, 0.3) is 5.95 Å². The largest absolute Gasteiger partial charge is 0.393 e. The molecular formula is C18H21F3N6O. The SMILES string of the molecule is CC1CN(C(=O)Nc2nnnn2C)CC/C1=C\c1cccc(CC(F)(F)F)c1. The maximum absolute atomic E-state index is 12.6. The van der Waals surface area contributed by atoms with E-state index in [4.69, 9.17) is 0 Å². The van der Waals surface area contributed by atoms with Crippen LogP contribution in [0.15, 0.2) is 29.8 Å². The van der Waals surface area contributed by atoms with Crippen molar-refractivity contribution >= 4 is 18.1 Å². The van der Waals surface area contributed by atoms with E-state index in [1.54, 1.807) is 30.1 Å². The van der Waals surface area contributed by atoms with Crippen LogP contribution in [0.1, 0.15) is 24.5 Å². The molecule has 0 radical (unpaired) electrons. The second-order valence-electron chi connectivity index (χ2n) is 6.91. The fraction of sp³-hybridized carbons (Fsp3) is 0.444. The minimum Gasteiger partial charge on any atom is -0.324 e. The zero-order valence-corrected chi connectivity index (χ0v) is 15.6. The Morgan fingerprint density at radius 3 is 2.82 bits per heavy atom. The number of alkyl halides is 3. The Kier molecular flexibility index (Phi) is 5.66. The minimum absolute atomic E-state index is 0.0865. The molecule has 28 heavy (non-hydrogen) atoms. The summed E-state index contributed by atoms with van der Waals surface area (Å²) in [5.41, 5.74) is 2.09. The molecule has 2 aromatic rings. The zero-order valence-electron chi connectivity index (χ0n) is 15.6. The van der Waals surface area contributed by atoms with E-state index in [0.29, 0.717) is 19.5 Å². The highest BCUT2D eigenvalue weighted by atomic mass is 19.4. The molecular weight excluding hydrogens is 373 g/mol. The number of benzene rings is 1. The van der Waals surface area contributed by atoms with E-state index in [9.17, 15) is 18.0 Å². The number of anilines is 1. The van der Waals surface area contributed by atoms with Crippen molar-refractivity contribution in [3.05, 3.63) is 41.0 Å². The van der Waals surface area contributed by atoms with Crippen LogP contribution in [0, 0.1) is 5.92 Å². The summed E-state index contributed by atoms with van der Waals surface area (Å²) in [4.78, 5) is 14.1. The molecule has 7 nitrogen and oxygen atoms in total. The van der Waals surface area contributed by atoms with Gasteiger partial charge >= 0.3 is 12.2 Å². The average molecular weight is 394 g/mol. The molecule has 1 aromatic heterocycles. The summed E-state index contributed by atoms with van der Waals surface area (Å²) in [6.07, 6.45) is -2.60. The number of carbonyl (C=O) groups excluding carboxylic acids is 1. The lowest BCUT2D eigenvalue weighted by Gasteiger charge is -2.33. The predicted octanol–water partition coefficient (Wildman–Crippen LogP) is 3.27. The second-order valence-corrected chi connectivity index (χ2v) is 6.91. The van der Waals surface area contributed by atoms with Gasteiger partial charge in [-0.3, -0.25) is 5.32 Å². The van der Waals surface area contributed by atoms with Crippen LogP contribution in [0.25, 0.3) is 6.08 Å². The molecule has 150 valence electrons. The molecule has 1 N–H and O–H groups in total. The van der Waals surface area contributed by atoms with E-state index in [1.165, 1.54) is 10.7 Å². The number of aryl methyl sites for hydroxylation is 1. The summed E-state index contributed by atoms with van der Waals surface area (Å²) in [7, 11) is 1.63. The molecule has 0 aliphatic carbocycles. The fourth-order valence-corrected chi connectivity index (χ4v) is 3.20. The van der Waals surface area contributed by atoms with Gasteiger partial charge in [-0.2, -0.15) is 13.2 Å². The summed E-state index contributed by atoms with van der Waals surface area (Å²) in [5.74, 6) is 0.351. The lowest BCUT2D eigenvalue weighted by Crippen LogP contribution is -2.42. The van der Waals surface area contributed by atoms with Gasteiger partial charge in [-0.25, -0.2) is 9.48 Å². The first kappa shape index (κ1) is 19.8. The molecule has 0 bridgehead atoms. The van der Waals surface area contributed by atoms with Crippen LogP contribution in [-0.2, 0) is 13.5 Å². The third kappa shape index (κ3) is 5.08. The Bertz CT molecular complexity index is 876. The summed E-state index contributed by atoms with van der Waals surface area (Å²) in [5, 5.41) is 13.5. The number of aromatic nitrogens is 4. The van der Waals surface area contributed by atoms with Gasteiger partial charge in [-0.05, 0) is 33.9 Å². The number of rotatable bonds is 3. The number of nitrogens with one attached hydrogen (secondary N) is 1. The number of tetrazole rings is 1. The standard InChI is InChI=1S/C18H21F3N6O/c1-12-11-27(17(28)22-16-23-24-25-26(16)2)7-6-15(12)9-13-4-3-5-14(8-13)10-18(19,20)21/h3-5,8-9,12H,6-7,10-11H2,1-2H3,(H,22,23,25,28)/b15-9+. The number of likely N-dealkylation sites (tertiary alicyclic amines) is 1. The van der Waals surface area contributed by atoms with E-state index in [0.717, 1.165) is 11.1 Å². The molecule has 1 atom stereocenters. The third-order valence-electron chi connectivity index (χ3n) is 4.63. The quantitative estimate of drug-likeness (QED) is 0.867. The predicted molar refractivity (Wildman–Crippen MR) is 97.3 cm³/mol. The number of piperidine rings is 1. The highest BCUT2D eigenvalue weighted by molar-refractivity contribution is 5.87. The van der Waals surface area contributed by atoms with Crippen LogP contribution >= 0.6 is 0 Å². The molecule has 3 rings (SSSR count). The van der Waals surface area contributed by atoms with Crippen LogP contribution in [-0.4, -0.2) is 50.4 Å². The number of carbonyl (C=O) groups is 1. The van der Waals surface area contributed by atoms with Crippen LogP contribution < -0.4 is 5.32 Å². The van der Waals surface area contributed by atoms with Crippen molar-refractivity contribution in [2.75, 3.05) is 18.4 Å². The van der Waals surface area contributed by atoms with Gasteiger partial charge in [-0.1, -0.05) is 47.9 Å². The Morgan fingerprint density at radius 1 is 1.39 bits per heavy atom. The highest BCUT2D eigenvalue weighted by Crippen LogP contribution is 2.27. The average Bonchev–Trinajstić information content (AvgIpc) is 3.00. The van der Waals surface area contributed by atoms with Crippen molar-refractivity contribution in [1.29, 1.82) is 0 Å². The van der Waals surface area contributed by atoms with Crippen LogP contribution in [0.5, 0.6) is 0 Å². The molecule has 1 unspecified atom stereocenters. The van der Waals surface area contributed by atoms with Gasteiger partial charge in [0.1, 0.15) is 0 Å². The van der Waals surface area contributed by atoms with Gasteiger partial charge in [0, 0.05) is 20.1 Å². The van der Waals surface area contributed by atoms with Gasteiger partial charge in [0.05, 0.1) is 6.42 Å². The minimum atomic E-state index is -4.23. The van der Waals surface area contributed by atoms with Crippen LogP contribution in [0.4, 0.5) is 23.9 Å². The van der Waals surface area contributed by atoms with Crippen LogP contribution in [0.3, 0.4) is 0 Å². The van der Waals surface area contributed by atoms with E-state index < -0.39 is 12.6 Å². The van der Waals surface area contributed by atoms with E-state index in [-0.39, 0.29) is 23.5 Å². The van der Waals surface area contributed by atoms with Gasteiger partial charge in [-0.15, -0.1) is 0 Å². The molecule has 1 fully saturated rings. The molecule has 0 saturated carbocycles. The van der Waals surface area contributed by atoms with Crippen molar-refractivity contribution in [3.8, 4) is 0 Å². The number of hydrogen-bond donors (Lipinski definition) is 1. The lowest BCUT2D eigenvalue weighted by molar-refractivity contribution is -0.127. The number of amides is 2. The fourth-order valence-electron chi connectivity index (χ4n) is 3.20. The molecule has 1 aromatic carbocycles. The Balaban J connectivity index is 1.64. The molecule has 0 spiro atoms. The van der Waals surface area contributed by atoms with E-state index >= 15 is 0 Å². The van der Waals surface area contributed by atoms with E-state index in [1.807, 2.05) is 13.0 Å². The first-order valence-electron chi connectivity index (χ1n) is 8.86. The highest BCUT2D eigenvalue weighted by Gasteiger charge is 2.28. The Labute approximate surface area is 160 Å². The number of nitrogens with zero attached hydrogens (tertiary/aromatic N) is 5. The van der Waals surface area contributed by atoms with Crippen molar-refractivity contribution < 1.29 is 18.0 Å². The van der Waals surface area contributed by atoms with Crippen molar-refractivity contribution in [2.45, 2.75) is 25.9 Å². The van der Waals surface area contributed by atoms with E-state index in [2.05, 4.69) is 20.8 Å². The third-order valence-corrected chi connectivity index (χ3v) is 4.63. The number of hydrogen-bond acceptors (Lipinski definition) is 4. The normalized spacial score (nSPS) is 19.1. The summed E-state index contributed by atoms with van der Waals surface area (Å²) >= 11 is 0. The maximum atomic E-state index is 12.6. The Morgan fingerprint density at radius 2 is 2.18 bits per heavy atom. The van der Waals surface area contributed by atoms with Crippen molar-refractivity contribution in [1.82, 2.24) is 25.1 Å². The monoisotopic (exact) mass is 394 g/mol. The van der Waals surface area contributed by atoms with Gasteiger partial charge < -0.3 is 4.90 Å². The lowest BCUT2D eigenvalue weighted by atomic mass is 9.91. The molecule has 2 amide bonds. The molecule has 2 heterocycles. The smallest absolute Gasteiger partial charge is 0.324 e. The summed E-state index contributed by atoms with van der Waals surface area (Å²) in [6.45, 7) is 3.01. The maximum Gasteiger partial charge on any atom is 0.393 e. The Hall–Kier alpha value is -2.91. The first-order chi connectivity index (χ1) is 13.2. The zero-order chi connectivity index (χ0) is 20.3. The molecule has 1 saturated heterocycles.